The SMILES string of the molecule is CC(C)NC(=O)C(=O)Nc1nn([C@H]2CN(Cc3ccccc3)CC[C@H]2C)c2c1cnc1[nH]ccc12. The summed E-state index contributed by atoms with van der Waals surface area (Å²) in [6, 6.07) is 12.4. The fourth-order valence-electron chi connectivity index (χ4n) is 4.87. The van der Waals surface area contributed by atoms with Crippen LogP contribution < -0.4 is 10.6 Å². The van der Waals surface area contributed by atoms with Crippen LogP contribution in [0.4, 0.5) is 5.82 Å². The lowest BCUT2D eigenvalue weighted by Crippen LogP contribution is -2.41. The van der Waals surface area contributed by atoms with Gasteiger partial charge in [0.2, 0.25) is 0 Å². The summed E-state index contributed by atoms with van der Waals surface area (Å²) in [4.78, 5) is 35.0. The van der Waals surface area contributed by atoms with Crippen LogP contribution in [0.1, 0.15) is 38.8 Å². The number of rotatable bonds is 5. The highest BCUT2D eigenvalue weighted by molar-refractivity contribution is 6.40. The van der Waals surface area contributed by atoms with Gasteiger partial charge < -0.3 is 15.6 Å². The van der Waals surface area contributed by atoms with E-state index in [9.17, 15) is 9.59 Å². The lowest BCUT2D eigenvalue weighted by Gasteiger charge is -2.37. The Balaban J connectivity index is 1.51. The van der Waals surface area contributed by atoms with E-state index in [-0.39, 0.29) is 12.1 Å². The quantitative estimate of drug-likeness (QED) is 0.385. The number of hydrogen-bond donors (Lipinski definition) is 3. The van der Waals surface area contributed by atoms with Gasteiger partial charge in [0, 0.05) is 36.9 Å². The molecule has 1 aliphatic heterocycles. The van der Waals surface area contributed by atoms with Crippen LogP contribution in [0.3, 0.4) is 0 Å². The standard InChI is InChI=1S/C26H31N7O2/c1-16(2)29-25(34)26(35)30-24-20-13-28-23-19(9-11-27-23)22(20)33(31-24)21-15-32(12-10-17(21)3)14-18-7-5-4-6-8-18/h4-9,11,13,16-17,21H,10,12,14-15H2,1-3H3,(H,27,28)(H,29,34)(H,30,31,35)/t17-,21+/m1/s1. The summed E-state index contributed by atoms with van der Waals surface area (Å²) < 4.78 is 2.03. The second kappa shape index (κ2) is 9.50. The molecule has 182 valence electrons. The van der Waals surface area contributed by atoms with Crippen LogP contribution in [-0.2, 0) is 16.1 Å². The summed E-state index contributed by atoms with van der Waals surface area (Å²) in [6.45, 7) is 8.61. The number of pyridine rings is 1. The van der Waals surface area contributed by atoms with Crippen molar-refractivity contribution in [2.24, 2.45) is 5.92 Å². The number of aromatic nitrogens is 4. The molecule has 1 aliphatic rings. The molecule has 9 nitrogen and oxygen atoms in total. The van der Waals surface area contributed by atoms with Gasteiger partial charge in [0.1, 0.15) is 5.65 Å². The van der Waals surface area contributed by atoms with Crippen molar-refractivity contribution >= 4 is 39.6 Å². The third-order valence-electron chi connectivity index (χ3n) is 6.67. The van der Waals surface area contributed by atoms with Crippen molar-refractivity contribution in [2.45, 2.75) is 45.8 Å². The Morgan fingerprint density at radius 3 is 2.71 bits per heavy atom. The van der Waals surface area contributed by atoms with Crippen LogP contribution in [-0.4, -0.2) is 55.6 Å². The fourth-order valence-corrected chi connectivity index (χ4v) is 4.87. The van der Waals surface area contributed by atoms with Crippen LogP contribution in [0.2, 0.25) is 0 Å². The number of H-pyrrole nitrogens is 1. The van der Waals surface area contributed by atoms with Gasteiger partial charge in [-0.25, -0.2) is 4.98 Å². The molecule has 1 saturated heterocycles. The van der Waals surface area contributed by atoms with Gasteiger partial charge in [-0.3, -0.25) is 19.2 Å². The molecule has 35 heavy (non-hydrogen) atoms. The number of carbonyl (C=O) groups is 2. The minimum Gasteiger partial charge on any atom is -0.346 e. The number of anilines is 1. The van der Waals surface area contributed by atoms with E-state index in [1.54, 1.807) is 6.20 Å². The monoisotopic (exact) mass is 473 g/mol. The molecule has 3 N–H and O–H groups in total. The summed E-state index contributed by atoms with van der Waals surface area (Å²) in [5.74, 6) is -0.674. The molecular weight excluding hydrogens is 442 g/mol. The van der Waals surface area contributed by atoms with Gasteiger partial charge in [-0.1, -0.05) is 37.3 Å². The molecule has 0 bridgehead atoms. The first-order valence-electron chi connectivity index (χ1n) is 12.1. The maximum absolute atomic E-state index is 12.6. The van der Waals surface area contributed by atoms with Crippen molar-refractivity contribution in [3.05, 3.63) is 54.4 Å². The first-order chi connectivity index (χ1) is 16.9. The fraction of sp³-hybridized carbons (Fsp3) is 0.385. The molecule has 3 aromatic heterocycles. The van der Waals surface area contributed by atoms with E-state index in [4.69, 9.17) is 5.10 Å². The third kappa shape index (κ3) is 4.64. The molecule has 0 aliphatic carbocycles. The molecule has 4 heterocycles. The predicted octanol–water partition coefficient (Wildman–Crippen LogP) is 3.46. The topological polar surface area (TPSA) is 108 Å². The van der Waals surface area contributed by atoms with Gasteiger partial charge in [-0.15, -0.1) is 0 Å². The van der Waals surface area contributed by atoms with E-state index >= 15 is 0 Å². The van der Waals surface area contributed by atoms with Crippen molar-refractivity contribution in [3.63, 3.8) is 0 Å². The number of likely N-dealkylation sites (tertiary alicyclic amines) is 1. The number of benzene rings is 1. The molecule has 9 heteroatoms. The van der Waals surface area contributed by atoms with Crippen LogP contribution in [0.15, 0.2) is 48.8 Å². The number of carbonyl (C=O) groups excluding carboxylic acids is 2. The normalized spacial score (nSPS) is 18.9. The molecule has 0 radical (unpaired) electrons. The van der Waals surface area contributed by atoms with E-state index in [1.165, 1.54) is 5.56 Å². The van der Waals surface area contributed by atoms with E-state index in [1.807, 2.05) is 36.9 Å². The summed E-state index contributed by atoms with van der Waals surface area (Å²) in [7, 11) is 0. The largest absolute Gasteiger partial charge is 0.346 e. The van der Waals surface area contributed by atoms with Crippen LogP contribution in [0.5, 0.6) is 0 Å². The Labute approximate surface area is 203 Å². The Hall–Kier alpha value is -3.72. The smallest absolute Gasteiger partial charge is 0.314 e. The van der Waals surface area contributed by atoms with E-state index < -0.39 is 11.8 Å². The van der Waals surface area contributed by atoms with Crippen LogP contribution in [0.25, 0.3) is 21.9 Å². The van der Waals surface area contributed by atoms with Crippen molar-refractivity contribution in [1.29, 1.82) is 0 Å². The Morgan fingerprint density at radius 1 is 1.14 bits per heavy atom. The molecule has 0 spiro atoms. The van der Waals surface area contributed by atoms with E-state index in [0.29, 0.717) is 11.7 Å². The minimum absolute atomic E-state index is 0.102. The number of aromatic amines is 1. The van der Waals surface area contributed by atoms with E-state index in [0.717, 1.165) is 48.0 Å². The molecule has 5 rings (SSSR count). The number of nitrogens with zero attached hydrogens (tertiary/aromatic N) is 4. The molecule has 0 unspecified atom stereocenters. The van der Waals surface area contributed by atoms with Crippen molar-refractivity contribution in [1.82, 2.24) is 30.0 Å². The van der Waals surface area contributed by atoms with Gasteiger partial charge in [-0.2, -0.15) is 5.10 Å². The highest BCUT2D eigenvalue weighted by Crippen LogP contribution is 2.36. The minimum atomic E-state index is -0.734. The van der Waals surface area contributed by atoms with Gasteiger partial charge in [0.05, 0.1) is 16.9 Å². The van der Waals surface area contributed by atoms with Crippen molar-refractivity contribution in [3.8, 4) is 0 Å². The summed E-state index contributed by atoms with van der Waals surface area (Å²) in [6.07, 6.45) is 4.61. The number of nitrogens with one attached hydrogen (secondary N) is 3. The van der Waals surface area contributed by atoms with Crippen molar-refractivity contribution < 1.29 is 9.59 Å². The molecule has 2 atom stereocenters. The molecule has 1 aromatic carbocycles. The highest BCUT2D eigenvalue weighted by atomic mass is 16.2. The third-order valence-corrected chi connectivity index (χ3v) is 6.67. The maximum Gasteiger partial charge on any atom is 0.314 e. The predicted molar refractivity (Wildman–Crippen MR) is 136 cm³/mol. The summed E-state index contributed by atoms with van der Waals surface area (Å²) >= 11 is 0. The second-order valence-corrected chi connectivity index (χ2v) is 9.69. The lowest BCUT2D eigenvalue weighted by molar-refractivity contribution is -0.136. The molecule has 1 fully saturated rings. The maximum atomic E-state index is 12.6. The second-order valence-electron chi connectivity index (χ2n) is 9.69. The van der Waals surface area contributed by atoms with Crippen LogP contribution >= 0.6 is 0 Å². The summed E-state index contributed by atoms with van der Waals surface area (Å²) in [5, 5.41) is 11.9. The Morgan fingerprint density at radius 2 is 1.94 bits per heavy atom. The first kappa shape index (κ1) is 23.0. The first-order valence-corrected chi connectivity index (χ1v) is 12.1. The van der Waals surface area contributed by atoms with Gasteiger partial charge in [0.25, 0.3) is 0 Å². The molecule has 2 amide bonds. The van der Waals surface area contributed by atoms with Crippen LogP contribution in [0, 0.1) is 5.92 Å². The average molecular weight is 474 g/mol. The zero-order valence-corrected chi connectivity index (χ0v) is 20.3. The van der Waals surface area contributed by atoms with Gasteiger partial charge >= 0.3 is 11.8 Å². The Bertz CT molecular complexity index is 1360. The molecule has 4 aromatic rings. The zero-order chi connectivity index (χ0) is 24.5. The molecule has 0 saturated carbocycles. The Kier molecular flexibility index (Phi) is 6.25. The summed E-state index contributed by atoms with van der Waals surface area (Å²) in [5.41, 5.74) is 2.96. The zero-order valence-electron chi connectivity index (χ0n) is 20.3. The highest BCUT2D eigenvalue weighted by Gasteiger charge is 2.31. The number of fused-ring (bicyclic) bond motifs is 3. The van der Waals surface area contributed by atoms with E-state index in [2.05, 4.69) is 56.7 Å². The van der Waals surface area contributed by atoms with Crippen molar-refractivity contribution in [2.75, 3.05) is 18.4 Å². The molecular formula is C26H31N7O2. The lowest BCUT2D eigenvalue weighted by atomic mass is 9.93. The number of hydrogen-bond acceptors (Lipinski definition) is 5. The van der Waals surface area contributed by atoms with Gasteiger partial charge in [-0.05, 0) is 44.4 Å². The number of amides is 2. The van der Waals surface area contributed by atoms with Gasteiger partial charge in [0.15, 0.2) is 5.82 Å². The number of piperidine rings is 1. The average Bonchev–Trinajstić information content (AvgIpc) is 3.45.